The summed E-state index contributed by atoms with van der Waals surface area (Å²) in [7, 11) is 1.66. The summed E-state index contributed by atoms with van der Waals surface area (Å²) in [6.45, 7) is 10.2. The minimum Gasteiger partial charge on any atom is -0.497 e. The number of fused-ring (bicyclic) bond motifs is 1. The maximum atomic E-state index is 13.2. The maximum absolute atomic E-state index is 13.2. The van der Waals surface area contributed by atoms with Gasteiger partial charge < -0.3 is 19.1 Å². The van der Waals surface area contributed by atoms with Crippen LogP contribution in [-0.4, -0.2) is 59.6 Å². The first-order valence-electron chi connectivity index (χ1n) is 14.0. The lowest BCUT2D eigenvalue weighted by atomic mass is 9.91. The van der Waals surface area contributed by atoms with Crippen LogP contribution in [0.5, 0.6) is 5.75 Å². The Kier molecular flexibility index (Phi) is 10.3. The molecule has 1 amide bonds. The van der Waals surface area contributed by atoms with Gasteiger partial charge in [0.2, 0.25) is 0 Å². The molecule has 0 aromatic heterocycles. The van der Waals surface area contributed by atoms with E-state index in [9.17, 15) is 9.59 Å². The lowest BCUT2D eigenvalue weighted by molar-refractivity contribution is 0.0385. The normalized spacial score (nSPS) is 17.0. The third-order valence-corrected chi connectivity index (χ3v) is 7.60. The van der Waals surface area contributed by atoms with Gasteiger partial charge >= 0.3 is 11.4 Å². The highest BCUT2D eigenvalue weighted by Gasteiger charge is 2.40. The van der Waals surface area contributed by atoms with Crippen molar-refractivity contribution in [3.05, 3.63) is 90.5 Å². The molecule has 2 atom stereocenters. The van der Waals surface area contributed by atoms with E-state index in [1.807, 2.05) is 30.9 Å². The van der Waals surface area contributed by atoms with E-state index in [0.29, 0.717) is 32.6 Å². The van der Waals surface area contributed by atoms with Crippen LogP contribution in [0.3, 0.4) is 0 Å². The van der Waals surface area contributed by atoms with Gasteiger partial charge in [-0.05, 0) is 66.6 Å². The van der Waals surface area contributed by atoms with E-state index in [0.717, 1.165) is 17.7 Å². The van der Waals surface area contributed by atoms with E-state index in [1.165, 1.54) is 16.3 Å². The molecule has 0 saturated carbocycles. The number of thiol groups is 1. The zero-order valence-electron chi connectivity index (χ0n) is 24.1. The zero-order valence-corrected chi connectivity index (χ0v) is 25.0. The van der Waals surface area contributed by atoms with Gasteiger partial charge in [-0.3, -0.25) is 4.90 Å². The van der Waals surface area contributed by atoms with Crippen molar-refractivity contribution in [3.63, 3.8) is 0 Å². The number of carbonyl (C=O) groups excluding carboxylic acids is 2. The number of methoxy groups -OCH3 is 1. The summed E-state index contributed by atoms with van der Waals surface area (Å²) in [6.07, 6.45) is 2.61. The number of likely N-dealkylation sites (tertiary alicyclic amines) is 1. The Morgan fingerprint density at radius 1 is 1.07 bits per heavy atom. The summed E-state index contributed by atoms with van der Waals surface area (Å²) in [5, 5.41) is 1.81. The summed E-state index contributed by atoms with van der Waals surface area (Å²) in [5.74, 6) is 0.952. The second-order valence-electron chi connectivity index (χ2n) is 11.3. The molecule has 3 aromatic carbocycles. The first-order chi connectivity index (χ1) is 19.7. The van der Waals surface area contributed by atoms with Crippen molar-refractivity contribution >= 4 is 34.8 Å². The van der Waals surface area contributed by atoms with Crippen molar-refractivity contribution in [2.75, 3.05) is 26.8 Å². The first kappa shape index (κ1) is 30.5. The highest BCUT2D eigenvalue weighted by Crippen LogP contribution is 2.33. The molecule has 0 bridgehead atoms. The molecule has 0 aliphatic carbocycles. The number of hydrogen-bond acceptors (Lipinski definition) is 6. The number of benzene rings is 3. The van der Waals surface area contributed by atoms with Crippen LogP contribution in [-0.2, 0) is 22.6 Å². The van der Waals surface area contributed by atoms with E-state index in [-0.39, 0.29) is 24.7 Å². The van der Waals surface area contributed by atoms with Gasteiger partial charge in [0.15, 0.2) is 0 Å². The molecule has 4 rings (SSSR count). The number of ether oxygens (including phenoxy) is 3. The quantitative estimate of drug-likeness (QED) is 0.141. The fourth-order valence-electron chi connectivity index (χ4n) is 5.89. The molecule has 3 aromatic rings. The summed E-state index contributed by atoms with van der Waals surface area (Å²) in [6, 6.07) is 22.8. The van der Waals surface area contributed by atoms with Crippen molar-refractivity contribution in [2.24, 2.45) is 5.92 Å². The molecule has 1 saturated heterocycles. The molecule has 7 nitrogen and oxygen atoms in total. The molecular formula is C33H40N2O5S. The molecule has 1 heterocycles. The van der Waals surface area contributed by atoms with Gasteiger partial charge in [0.25, 0.3) is 0 Å². The maximum Gasteiger partial charge on any atom is 0.410 e. The highest BCUT2D eigenvalue weighted by molar-refractivity contribution is 7.96. The van der Waals surface area contributed by atoms with E-state index < -0.39 is 10.9 Å². The summed E-state index contributed by atoms with van der Waals surface area (Å²) in [4.78, 5) is 28.9. The Morgan fingerprint density at radius 2 is 1.80 bits per heavy atom. The third-order valence-electron chi connectivity index (χ3n) is 7.51. The summed E-state index contributed by atoms with van der Waals surface area (Å²) < 4.78 is 16.3. The fraction of sp³-hybridized carbons (Fsp3) is 0.394. The second kappa shape index (κ2) is 13.9. The Morgan fingerprint density at radius 3 is 2.51 bits per heavy atom. The van der Waals surface area contributed by atoms with Gasteiger partial charge in [0, 0.05) is 32.2 Å². The minimum absolute atomic E-state index is 0.0759. The highest BCUT2D eigenvalue weighted by atomic mass is 32.1. The van der Waals surface area contributed by atoms with E-state index in [2.05, 4.69) is 78.7 Å². The smallest absolute Gasteiger partial charge is 0.410 e. The molecule has 41 heavy (non-hydrogen) atoms. The van der Waals surface area contributed by atoms with Crippen LogP contribution in [0.25, 0.3) is 10.8 Å². The number of hydrogen-bond donors (Lipinski definition) is 1. The average Bonchev–Trinajstić information content (AvgIpc) is 3.32. The van der Waals surface area contributed by atoms with Crippen molar-refractivity contribution in [2.45, 2.75) is 51.4 Å². The number of carbonyl (C=O) groups is 2. The third kappa shape index (κ3) is 8.50. The van der Waals surface area contributed by atoms with Crippen LogP contribution < -0.4 is 4.74 Å². The molecule has 1 aliphatic rings. The minimum atomic E-state index is -0.694. The van der Waals surface area contributed by atoms with Crippen LogP contribution in [0.4, 0.5) is 9.59 Å². The van der Waals surface area contributed by atoms with E-state index in [4.69, 9.17) is 14.2 Å². The van der Waals surface area contributed by atoms with Crippen LogP contribution >= 0.6 is 12.6 Å². The number of nitrogens with zero attached hydrogens (tertiary/aromatic N) is 2. The Bertz CT molecular complexity index is 1340. The monoisotopic (exact) mass is 576 g/mol. The molecular weight excluding hydrogens is 536 g/mol. The topological polar surface area (TPSA) is 68.3 Å². The van der Waals surface area contributed by atoms with Gasteiger partial charge in [-0.15, -0.1) is 0 Å². The molecule has 218 valence electrons. The SMILES string of the molecule is C=CCOC(=O)N1CC(CC(C)(C)OC(=O)S)CC1CN(Cc1ccc(OC)cc1)Cc1cccc2ccccc12. The number of amides is 1. The van der Waals surface area contributed by atoms with Crippen molar-refractivity contribution in [3.8, 4) is 5.75 Å². The average molecular weight is 577 g/mol. The predicted molar refractivity (Wildman–Crippen MR) is 165 cm³/mol. The predicted octanol–water partition coefficient (Wildman–Crippen LogP) is 7.10. The Labute approximate surface area is 248 Å². The number of rotatable bonds is 12. The van der Waals surface area contributed by atoms with Crippen LogP contribution in [0, 0.1) is 5.92 Å². The van der Waals surface area contributed by atoms with Gasteiger partial charge in [-0.2, -0.15) is 0 Å². The van der Waals surface area contributed by atoms with Crippen molar-refractivity contribution in [1.82, 2.24) is 9.80 Å². The van der Waals surface area contributed by atoms with Crippen LogP contribution in [0.2, 0.25) is 0 Å². The lowest BCUT2D eigenvalue weighted by Crippen LogP contribution is -2.43. The lowest BCUT2D eigenvalue weighted by Gasteiger charge is -2.31. The molecule has 1 fully saturated rings. The molecule has 0 radical (unpaired) electrons. The Balaban J connectivity index is 1.60. The van der Waals surface area contributed by atoms with E-state index in [1.54, 1.807) is 13.2 Å². The summed E-state index contributed by atoms with van der Waals surface area (Å²) >= 11 is 3.80. The van der Waals surface area contributed by atoms with Gasteiger partial charge in [0.1, 0.15) is 18.0 Å². The largest absolute Gasteiger partial charge is 0.497 e. The fourth-order valence-corrected chi connectivity index (χ4v) is 6.14. The molecule has 0 spiro atoms. The van der Waals surface area contributed by atoms with Crippen LogP contribution in [0.1, 0.15) is 37.8 Å². The van der Waals surface area contributed by atoms with Gasteiger partial charge in [-0.1, -0.05) is 79.9 Å². The Hall–Kier alpha value is -3.49. The summed E-state index contributed by atoms with van der Waals surface area (Å²) in [5.41, 5.74) is 1.69. The van der Waals surface area contributed by atoms with Crippen molar-refractivity contribution < 1.29 is 23.8 Å². The van der Waals surface area contributed by atoms with Crippen molar-refractivity contribution in [1.29, 1.82) is 0 Å². The molecule has 0 N–H and O–H groups in total. The van der Waals surface area contributed by atoms with Gasteiger partial charge in [0.05, 0.1) is 7.11 Å². The molecule has 8 heteroatoms. The second-order valence-corrected chi connectivity index (χ2v) is 11.6. The van der Waals surface area contributed by atoms with Gasteiger partial charge in [-0.25, -0.2) is 9.59 Å². The molecule has 2 unspecified atom stereocenters. The standard InChI is InChI=1S/C33H40N2O5S/c1-5-17-39-31(36)35-21-25(19-33(2,3)40-32(37)41)18-28(35)23-34(20-24-13-15-29(38-4)16-14-24)22-27-11-8-10-26-9-6-7-12-30(26)27/h5-16,25,28H,1,17-23H2,2-4H3,(H,37,41). The van der Waals surface area contributed by atoms with E-state index >= 15 is 0 Å². The zero-order chi connectivity index (χ0) is 29.4. The molecule has 1 aliphatic heterocycles. The first-order valence-corrected chi connectivity index (χ1v) is 14.4. The van der Waals surface area contributed by atoms with Crippen LogP contribution in [0.15, 0.2) is 79.4 Å².